The van der Waals surface area contributed by atoms with Gasteiger partial charge in [-0.15, -0.1) is 0 Å². The molecule has 3 nitrogen and oxygen atoms in total. The predicted molar refractivity (Wildman–Crippen MR) is 70.1 cm³/mol. The summed E-state index contributed by atoms with van der Waals surface area (Å²) >= 11 is 3.39. The van der Waals surface area contributed by atoms with E-state index < -0.39 is 5.97 Å². The second-order valence-corrected chi connectivity index (χ2v) is 4.40. The first-order valence-electron chi connectivity index (χ1n) is 5.28. The van der Waals surface area contributed by atoms with E-state index >= 15 is 0 Å². The smallest absolute Gasteiger partial charge is 0.336 e. The van der Waals surface area contributed by atoms with Crippen LogP contribution in [0.2, 0.25) is 0 Å². The van der Waals surface area contributed by atoms with Gasteiger partial charge in [-0.2, -0.15) is 0 Å². The third kappa shape index (κ3) is 4.23. The van der Waals surface area contributed by atoms with Gasteiger partial charge in [-0.3, -0.25) is 0 Å². The van der Waals surface area contributed by atoms with E-state index in [0.29, 0.717) is 17.9 Å². The number of esters is 1. The van der Waals surface area contributed by atoms with Gasteiger partial charge in [0, 0.05) is 0 Å². The van der Waals surface area contributed by atoms with Gasteiger partial charge >= 0.3 is 5.97 Å². The number of carbonyl (C=O) groups excluding carboxylic acids is 1. The van der Waals surface area contributed by atoms with Gasteiger partial charge in [0.25, 0.3) is 0 Å². The van der Waals surface area contributed by atoms with Crippen molar-refractivity contribution in [3.05, 3.63) is 40.4 Å². The number of aryl methyl sites for hydroxylation is 1. The van der Waals surface area contributed by atoms with Gasteiger partial charge in [0.05, 0.1) is 16.7 Å². The highest BCUT2D eigenvalue weighted by atomic mass is 79.9. The zero-order valence-electron chi connectivity index (χ0n) is 9.96. The fourth-order valence-corrected chi connectivity index (χ4v) is 1.79. The quantitative estimate of drug-likeness (QED) is 0.618. The Morgan fingerprint density at radius 2 is 2.18 bits per heavy atom. The minimum Gasteiger partial charge on any atom is -0.487 e. The topological polar surface area (TPSA) is 35.5 Å². The van der Waals surface area contributed by atoms with Crippen molar-refractivity contribution in [3.63, 3.8) is 0 Å². The van der Waals surface area contributed by atoms with Crippen molar-refractivity contribution >= 4 is 21.9 Å². The van der Waals surface area contributed by atoms with Crippen molar-refractivity contribution in [2.75, 3.05) is 13.2 Å². The van der Waals surface area contributed by atoms with Crippen molar-refractivity contribution in [3.8, 4) is 5.75 Å². The average Bonchev–Trinajstić information content (AvgIpc) is 2.27. The molecule has 0 fully saturated rings. The minimum atomic E-state index is -0.421. The van der Waals surface area contributed by atoms with Crippen molar-refractivity contribution in [1.82, 2.24) is 0 Å². The molecule has 0 N–H and O–H groups in total. The standard InChI is InChI=1S/C13H15BrO3/c1-4-16-13(15)10(3)8-17-12-6-5-9(2)7-11(12)14/h5-7H,3-4,8H2,1-2H3. The van der Waals surface area contributed by atoms with E-state index in [1.165, 1.54) is 0 Å². The van der Waals surface area contributed by atoms with Crippen LogP contribution in [0.25, 0.3) is 0 Å². The molecule has 0 saturated heterocycles. The van der Waals surface area contributed by atoms with Crippen molar-refractivity contribution in [1.29, 1.82) is 0 Å². The van der Waals surface area contributed by atoms with Crippen LogP contribution in [0.1, 0.15) is 12.5 Å². The Balaban J connectivity index is 2.56. The summed E-state index contributed by atoms with van der Waals surface area (Å²) in [6.07, 6.45) is 0. The number of halogens is 1. The number of hydrogen-bond acceptors (Lipinski definition) is 3. The first kappa shape index (κ1) is 13.8. The number of benzene rings is 1. The molecule has 0 radical (unpaired) electrons. The maximum atomic E-state index is 11.3. The van der Waals surface area contributed by atoms with E-state index in [1.807, 2.05) is 25.1 Å². The number of rotatable bonds is 5. The molecular weight excluding hydrogens is 284 g/mol. The number of hydrogen-bond donors (Lipinski definition) is 0. The lowest BCUT2D eigenvalue weighted by molar-refractivity contribution is -0.138. The van der Waals surface area contributed by atoms with Crippen LogP contribution >= 0.6 is 15.9 Å². The van der Waals surface area contributed by atoms with Crippen LogP contribution in [0.4, 0.5) is 0 Å². The lowest BCUT2D eigenvalue weighted by atomic mass is 10.2. The molecule has 0 aliphatic carbocycles. The predicted octanol–water partition coefficient (Wildman–Crippen LogP) is 3.26. The molecule has 0 heterocycles. The van der Waals surface area contributed by atoms with E-state index in [-0.39, 0.29) is 6.61 Å². The summed E-state index contributed by atoms with van der Waals surface area (Å²) in [5.41, 5.74) is 1.44. The zero-order chi connectivity index (χ0) is 12.8. The first-order valence-corrected chi connectivity index (χ1v) is 6.07. The Morgan fingerprint density at radius 3 is 2.76 bits per heavy atom. The SMILES string of the molecule is C=C(COc1ccc(C)cc1Br)C(=O)OCC. The molecule has 17 heavy (non-hydrogen) atoms. The lowest BCUT2D eigenvalue weighted by Crippen LogP contribution is -2.13. The fourth-order valence-electron chi connectivity index (χ4n) is 1.18. The molecule has 0 amide bonds. The van der Waals surface area contributed by atoms with Crippen molar-refractivity contribution in [2.45, 2.75) is 13.8 Å². The molecule has 0 spiro atoms. The molecule has 0 atom stereocenters. The molecule has 0 aliphatic rings. The summed E-state index contributed by atoms with van der Waals surface area (Å²) < 4.78 is 11.1. The summed E-state index contributed by atoms with van der Waals surface area (Å²) in [6, 6.07) is 5.73. The molecule has 0 saturated carbocycles. The van der Waals surface area contributed by atoms with Crippen molar-refractivity contribution in [2.24, 2.45) is 0 Å². The van der Waals surface area contributed by atoms with Gasteiger partial charge in [-0.1, -0.05) is 12.6 Å². The summed E-state index contributed by atoms with van der Waals surface area (Å²) in [5.74, 6) is 0.261. The largest absolute Gasteiger partial charge is 0.487 e. The molecular formula is C13H15BrO3. The zero-order valence-corrected chi connectivity index (χ0v) is 11.5. The monoisotopic (exact) mass is 298 g/mol. The maximum Gasteiger partial charge on any atom is 0.336 e. The molecule has 0 aromatic heterocycles. The highest BCUT2D eigenvalue weighted by Crippen LogP contribution is 2.26. The first-order chi connectivity index (χ1) is 8.04. The summed E-state index contributed by atoms with van der Waals surface area (Å²) in [5, 5.41) is 0. The van der Waals surface area contributed by atoms with Gasteiger partial charge in [0.15, 0.2) is 0 Å². The molecule has 92 valence electrons. The van der Waals surface area contributed by atoms with Crippen LogP contribution in [-0.4, -0.2) is 19.2 Å². The Kier molecular flexibility index (Phi) is 5.22. The van der Waals surface area contributed by atoms with Gasteiger partial charge in [-0.25, -0.2) is 4.79 Å². The second kappa shape index (κ2) is 6.45. The highest BCUT2D eigenvalue weighted by Gasteiger charge is 2.09. The van der Waals surface area contributed by atoms with Gasteiger partial charge < -0.3 is 9.47 Å². The molecule has 0 bridgehead atoms. The molecule has 0 unspecified atom stereocenters. The van der Waals surface area contributed by atoms with Crippen LogP contribution in [0.3, 0.4) is 0 Å². The third-order valence-corrected chi connectivity index (χ3v) is 2.67. The summed E-state index contributed by atoms with van der Waals surface area (Å²) in [6.45, 7) is 7.83. The van der Waals surface area contributed by atoms with Crippen molar-refractivity contribution < 1.29 is 14.3 Å². The second-order valence-electron chi connectivity index (χ2n) is 3.55. The Labute approximate surface area is 110 Å². The Hall–Kier alpha value is -1.29. The van der Waals surface area contributed by atoms with Crippen LogP contribution < -0.4 is 4.74 Å². The van der Waals surface area contributed by atoms with Crippen LogP contribution in [0.5, 0.6) is 5.75 Å². The van der Waals surface area contributed by atoms with Gasteiger partial charge in [0.2, 0.25) is 0 Å². The fraction of sp³-hybridized carbons (Fsp3) is 0.308. The molecule has 1 aromatic carbocycles. The molecule has 0 aliphatic heterocycles. The molecule has 1 aromatic rings. The van der Waals surface area contributed by atoms with Crippen LogP contribution in [-0.2, 0) is 9.53 Å². The van der Waals surface area contributed by atoms with Crippen LogP contribution in [0.15, 0.2) is 34.8 Å². The highest BCUT2D eigenvalue weighted by molar-refractivity contribution is 9.10. The van der Waals surface area contributed by atoms with Crippen LogP contribution in [0, 0.1) is 6.92 Å². The maximum absolute atomic E-state index is 11.3. The lowest BCUT2D eigenvalue weighted by Gasteiger charge is -2.10. The molecule has 1 rings (SSSR count). The van der Waals surface area contributed by atoms with Gasteiger partial charge in [0.1, 0.15) is 12.4 Å². The summed E-state index contributed by atoms with van der Waals surface area (Å²) in [7, 11) is 0. The molecule has 4 heteroatoms. The minimum absolute atomic E-state index is 0.125. The van der Waals surface area contributed by atoms with E-state index in [4.69, 9.17) is 9.47 Å². The van der Waals surface area contributed by atoms with E-state index in [1.54, 1.807) is 6.92 Å². The Bertz CT molecular complexity index is 427. The normalized spacial score (nSPS) is 9.82. The summed E-state index contributed by atoms with van der Waals surface area (Å²) in [4.78, 5) is 11.3. The number of ether oxygens (including phenoxy) is 2. The van der Waals surface area contributed by atoms with E-state index in [0.717, 1.165) is 10.0 Å². The third-order valence-electron chi connectivity index (χ3n) is 2.05. The van der Waals surface area contributed by atoms with E-state index in [9.17, 15) is 4.79 Å². The Morgan fingerprint density at radius 1 is 1.47 bits per heavy atom. The number of carbonyl (C=O) groups is 1. The van der Waals surface area contributed by atoms with Gasteiger partial charge in [-0.05, 0) is 47.5 Å². The van der Waals surface area contributed by atoms with E-state index in [2.05, 4.69) is 22.5 Å². The average molecular weight is 299 g/mol.